The molecule has 0 atom stereocenters. The molecule has 0 unspecified atom stereocenters. The van der Waals surface area contributed by atoms with Crippen molar-refractivity contribution in [2.45, 2.75) is 13.5 Å². The van der Waals surface area contributed by atoms with Crippen molar-refractivity contribution in [1.29, 1.82) is 0 Å². The van der Waals surface area contributed by atoms with E-state index in [-0.39, 0.29) is 18.0 Å². The fourth-order valence-electron chi connectivity index (χ4n) is 1.68. The van der Waals surface area contributed by atoms with Crippen LogP contribution in [0.4, 0.5) is 5.69 Å². The van der Waals surface area contributed by atoms with Crippen LogP contribution in [-0.4, -0.2) is 22.5 Å². The molecule has 0 radical (unpaired) electrons. The van der Waals surface area contributed by atoms with E-state index in [0.717, 1.165) is 5.69 Å². The predicted molar refractivity (Wildman–Crippen MR) is 73.1 cm³/mol. The number of aryl methyl sites for hydroxylation is 1. The van der Waals surface area contributed by atoms with Gasteiger partial charge in [0.2, 0.25) is 5.91 Å². The van der Waals surface area contributed by atoms with E-state index in [0.29, 0.717) is 5.69 Å². The number of hydrogen-bond acceptors (Lipinski definition) is 3. The quantitative estimate of drug-likeness (QED) is 0.830. The van der Waals surface area contributed by atoms with Gasteiger partial charge < -0.3 is 4.90 Å². The van der Waals surface area contributed by atoms with Crippen LogP contribution < -0.4 is 10.5 Å². The van der Waals surface area contributed by atoms with Crippen molar-refractivity contribution < 1.29 is 4.79 Å². The molecule has 19 heavy (non-hydrogen) atoms. The Hall–Kier alpha value is -2.43. The zero-order valence-corrected chi connectivity index (χ0v) is 10.9. The zero-order chi connectivity index (χ0) is 13.8. The van der Waals surface area contributed by atoms with Crippen molar-refractivity contribution in [2.75, 3.05) is 11.9 Å². The number of rotatable bonds is 3. The van der Waals surface area contributed by atoms with Crippen LogP contribution >= 0.6 is 0 Å². The molecule has 2 rings (SSSR count). The molecule has 5 nitrogen and oxygen atoms in total. The minimum atomic E-state index is -0.220. The summed E-state index contributed by atoms with van der Waals surface area (Å²) in [5, 5.41) is 0. The SMILES string of the molecule is Cc1cc(=O)n(CC(=O)N(C)c2ccccc2)cn1. The Kier molecular flexibility index (Phi) is 3.75. The summed E-state index contributed by atoms with van der Waals surface area (Å²) in [6, 6.07) is 10.7. The lowest BCUT2D eigenvalue weighted by Crippen LogP contribution is -2.33. The molecular weight excluding hydrogens is 242 g/mol. The molecule has 0 saturated heterocycles. The summed E-state index contributed by atoms with van der Waals surface area (Å²) in [5.41, 5.74) is 1.22. The highest BCUT2D eigenvalue weighted by atomic mass is 16.2. The van der Waals surface area contributed by atoms with E-state index in [1.165, 1.54) is 21.9 Å². The molecule has 1 aromatic carbocycles. The van der Waals surface area contributed by atoms with Crippen molar-refractivity contribution in [3.8, 4) is 0 Å². The second-order valence-electron chi connectivity index (χ2n) is 4.28. The van der Waals surface area contributed by atoms with Crippen LogP contribution in [0.5, 0.6) is 0 Å². The summed E-state index contributed by atoms with van der Waals surface area (Å²) >= 11 is 0. The molecule has 1 aromatic heterocycles. The Bertz CT molecular complexity index is 635. The van der Waals surface area contributed by atoms with Crippen LogP contribution in [0.3, 0.4) is 0 Å². The van der Waals surface area contributed by atoms with Crippen LogP contribution in [0.1, 0.15) is 5.69 Å². The van der Waals surface area contributed by atoms with Crippen molar-refractivity contribution in [1.82, 2.24) is 9.55 Å². The Labute approximate surface area is 111 Å². The van der Waals surface area contributed by atoms with Crippen molar-refractivity contribution in [2.24, 2.45) is 0 Å². The number of carbonyl (C=O) groups excluding carboxylic acids is 1. The van der Waals surface area contributed by atoms with Gasteiger partial charge in [0.25, 0.3) is 5.56 Å². The maximum Gasteiger partial charge on any atom is 0.253 e. The minimum absolute atomic E-state index is 0.0164. The number of para-hydroxylation sites is 1. The van der Waals surface area contributed by atoms with Crippen molar-refractivity contribution in [3.05, 3.63) is 58.8 Å². The molecule has 1 heterocycles. The second kappa shape index (κ2) is 5.48. The molecular formula is C14H15N3O2. The van der Waals surface area contributed by atoms with Gasteiger partial charge in [-0.2, -0.15) is 0 Å². The first kappa shape index (κ1) is 13.0. The molecule has 5 heteroatoms. The van der Waals surface area contributed by atoms with Crippen LogP contribution in [-0.2, 0) is 11.3 Å². The van der Waals surface area contributed by atoms with Gasteiger partial charge in [-0.1, -0.05) is 18.2 Å². The summed E-state index contributed by atoms with van der Waals surface area (Å²) in [6.07, 6.45) is 1.40. The number of anilines is 1. The number of benzene rings is 1. The van der Waals surface area contributed by atoms with Crippen LogP contribution in [0.2, 0.25) is 0 Å². The summed E-state index contributed by atoms with van der Waals surface area (Å²) in [4.78, 5) is 29.3. The number of carbonyl (C=O) groups is 1. The van der Waals surface area contributed by atoms with Crippen molar-refractivity contribution in [3.63, 3.8) is 0 Å². The van der Waals surface area contributed by atoms with Crippen molar-refractivity contribution >= 4 is 11.6 Å². The lowest BCUT2D eigenvalue weighted by atomic mass is 10.3. The molecule has 0 spiro atoms. The molecule has 2 aromatic rings. The molecule has 0 fully saturated rings. The van der Waals surface area contributed by atoms with Gasteiger partial charge in [0.15, 0.2) is 0 Å². The number of nitrogens with zero attached hydrogens (tertiary/aromatic N) is 3. The number of amides is 1. The first-order valence-electron chi connectivity index (χ1n) is 5.92. The normalized spacial score (nSPS) is 10.2. The molecule has 0 aliphatic heterocycles. The molecule has 0 saturated carbocycles. The van der Waals surface area contributed by atoms with Gasteiger partial charge in [-0.05, 0) is 19.1 Å². The summed E-state index contributed by atoms with van der Waals surface area (Å²) in [5.74, 6) is -0.168. The molecule has 98 valence electrons. The fourth-order valence-corrected chi connectivity index (χ4v) is 1.68. The van der Waals surface area contributed by atoms with E-state index >= 15 is 0 Å². The van der Waals surface area contributed by atoms with E-state index in [1.807, 2.05) is 30.3 Å². The van der Waals surface area contributed by atoms with Gasteiger partial charge in [0.1, 0.15) is 6.54 Å². The Morgan fingerprint density at radius 1 is 1.32 bits per heavy atom. The zero-order valence-electron chi connectivity index (χ0n) is 10.9. The third kappa shape index (κ3) is 3.07. The van der Waals surface area contributed by atoms with Crippen LogP contribution in [0.15, 0.2) is 47.5 Å². The van der Waals surface area contributed by atoms with E-state index < -0.39 is 0 Å². The maximum absolute atomic E-state index is 12.1. The topological polar surface area (TPSA) is 55.2 Å². The third-order valence-corrected chi connectivity index (χ3v) is 2.84. The van der Waals surface area contributed by atoms with Gasteiger partial charge in [0.05, 0.1) is 6.33 Å². The highest BCUT2D eigenvalue weighted by molar-refractivity contribution is 5.92. The predicted octanol–water partition coefficient (Wildman–Crippen LogP) is 1.21. The highest BCUT2D eigenvalue weighted by Gasteiger charge is 2.11. The standard InChI is InChI=1S/C14H15N3O2/c1-11-8-13(18)17(10-15-11)9-14(19)16(2)12-6-4-3-5-7-12/h3-8,10H,9H2,1-2H3. The monoisotopic (exact) mass is 257 g/mol. The first-order chi connectivity index (χ1) is 9.08. The largest absolute Gasteiger partial charge is 0.314 e. The van der Waals surface area contributed by atoms with Crippen LogP contribution in [0.25, 0.3) is 0 Å². The highest BCUT2D eigenvalue weighted by Crippen LogP contribution is 2.11. The van der Waals surface area contributed by atoms with E-state index in [1.54, 1.807) is 14.0 Å². The smallest absolute Gasteiger partial charge is 0.253 e. The van der Waals surface area contributed by atoms with Gasteiger partial charge in [-0.3, -0.25) is 14.2 Å². The average molecular weight is 257 g/mol. The molecule has 0 N–H and O–H groups in total. The fraction of sp³-hybridized carbons (Fsp3) is 0.214. The van der Waals surface area contributed by atoms with E-state index in [2.05, 4.69) is 4.98 Å². The lowest BCUT2D eigenvalue weighted by molar-refractivity contribution is -0.118. The number of hydrogen-bond donors (Lipinski definition) is 0. The summed E-state index contributed by atoms with van der Waals surface area (Å²) in [7, 11) is 1.68. The lowest BCUT2D eigenvalue weighted by Gasteiger charge is -2.17. The Balaban J connectivity index is 2.15. The minimum Gasteiger partial charge on any atom is -0.314 e. The van der Waals surface area contributed by atoms with E-state index in [9.17, 15) is 9.59 Å². The molecule has 0 bridgehead atoms. The van der Waals surface area contributed by atoms with Gasteiger partial charge >= 0.3 is 0 Å². The third-order valence-electron chi connectivity index (χ3n) is 2.84. The van der Waals surface area contributed by atoms with E-state index in [4.69, 9.17) is 0 Å². The average Bonchev–Trinajstić information content (AvgIpc) is 2.42. The Morgan fingerprint density at radius 3 is 2.63 bits per heavy atom. The Morgan fingerprint density at radius 2 is 2.00 bits per heavy atom. The second-order valence-corrected chi connectivity index (χ2v) is 4.28. The summed E-state index contributed by atoms with van der Waals surface area (Å²) < 4.78 is 1.30. The molecule has 0 aliphatic carbocycles. The number of aromatic nitrogens is 2. The van der Waals surface area contributed by atoms with Gasteiger partial charge in [-0.15, -0.1) is 0 Å². The number of likely N-dealkylation sites (N-methyl/N-ethyl adjacent to an activating group) is 1. The molecule has 0 aliphatic rings. The first-order valence-corrected chi connectivity index (χ1v) is 5.92. The van der Waals surface area contributed by atoms with Gasteiger partial charge in [-0.25, -0.2) is 4.98 Å². The summed E-state index contributed by atoms with van der Waals surface area (Å²) in [6.45, 7) is 1.72. The maximum atomic E-state index is 12.1. The molecule has 1 amide bonds. The van der Waals surface area contributed by atoms with Gasteiger partial charge in [0, 0.05) is 24.5 Å². The van der Waals surface area contributed by atoms with Crippen LogP contribution in [0, 0.1) is 6.92 Å².